The summed E-state index contributed by atoms with van der Waals surface area (Å²) in [6.07, 6.45) is 3.89. The highest BCUT2D eigenvalue weighted by atomic mass is 32.2. The first-order chi connectivity index (χ1) is 14.0. The molecule has 148 valence electrons. The molecular formula is C20H19FN6OS. The highest BCUT2D eigenvalue weighted by molar-refractivity contribution is 7.99. The molecule has 1 aliphatic rings. The minimum Gasteiger partial charge on any atom is -0.310 e. The van der Waals surface area contributed by atoms with Gasteiger partial charge in [0.25, 0.3) is 0 Å². The van der Waals surface area contributed by atoms with E-state index in [1.807, 2.05) is 18.4 Å². The first-order valence-corrected chi connectivity index (χ1v) is 10.2. The number of aromatic nitrogens is 4. The lowest BCUT2D eigenvalue weighted by molar-refractivity contribution is -0.113. The van der Waals surface area contributed by atoms with Crippen LogP contribution in [0.4, 0.5) is 10.2 Å². The minimum atomic E-state index is -0.390. The van der Waals surface area contributed by atoms with Crippen molar-refractivity contribution in [2.45, 2.75) is 37.9 Å². The molecule has 1 amide bonds. The Morgan fingerprint density at radius 3 is 2.90 bits per heavy atom. The van der Waals surface area contributed by atoms with Crippen LogP contribution in [0, 0.1) is 31.0 Å². The van der Waals surface area contributed by atoms with Gasteiger partial charge in [0.05, 0.1) is 17.0 Å². The number of hydrogen-bond donors (Lipinski definition) is 1. The molecule has 9 heteroatoms. The number of halogens is 1. The van der Waals surface area contributed by atoms with Crippen LogP contribution in [0.3, 0.4) is 0 Å². The van der Waals surface area contributed by atoms with E-state index in [-0.39, 0.29) is 17.5 Å². The van der Waals surface area contributed by atoms with Crippen LogP contribution in [0.1, 0.15) is 35.7 Å². The number of carbonyl (C=O) groups is 1. The van der Waals surface area contributed by atoms with Crippen molar-refractivity contribution in [1.29, 1.82) is 5.26 Å². The lowest BCUT2D eigenvalue weighted by atomic mass is 10.2. The van der Waals surface area contributed by atoms with Crippen LogP contribution < -0.4 is 5.32 Å². The molecule has 2 aromatic heterocycles. The second-order valence-electron chi connectivity index (χ2n) is 6.95. The second kappa shape index (κ2) is 7.72. The van der Waals surface area contributed by atoms with Crippen molar-refractivity contribution in [3.8, 4) is 11.8 Å². The first kappa shape index (κ1) is 19.2. The molecule has 7 nitrogen and oxygen atoms in total. The van der Waals surface area contributed by atoms with Crippen molar-refractivity contribution in [3.05, 3.63) is 53.2 Å². The number of anilines is 1. The van der Waals surface area contributed by atoms with Gasteiger partial charge in [-0.1, -0.05) is 17.8 Å². The van der Waals surface area contributed by atoms with E-state index in [0.29, 0.717) is 28.3 Å². The molecule has 0 saturated heterocycles. The molecule has 29 heavy (non-hydrogen) atoms. The normalized spacial score (nSPS) is 13.3. The third-order valence-corrected chi connectivity index (χ3v) is 5.92. The summed E-state index contributed by atoms with van der Waals surface area (Å²) in [6, 6.07) is 8.64. The quantitative estimate of drug-likeness (QED) is 0.625. The SMILES string of the molecule is Cc1c(C#N)c(NC(=O)CSc2nncn2C2CC2)n(-c2cccc(F)c2)c1C. The third kappa shape index (κ3) is 3.76. The maximum absolute atomic E-state index is 13.8. The van der Waals surface area contributed by atoms with Gasteiger partial charge in [-0.15, -0.1) is 10.2 Å². The Morgan fingerprint density at radius 2 is 2.21 bits per heavy atom. The standard InChI is InChI=1S/C20H19FN6OS/c1-12-13(2)27(16-5-3-4-14(21)8-16)19(17(12)9-22)24-18(28)10-29-20-25-23-11-26(20)15-6-7-15/h3-5,8,11,15H,6-7,10H2,1-2H3,(H,24,28). The highest BCUT2D eigenvalue weighted by Gasteiger charge is 2.27. The van der Waals surface area contributed by atoms with Crippen LogP contribution >= 0.6 is 11.8 Å². The van der Waals surface area contributed by atoms with Gasteiger partial charge in [-0.3, -0.25) is 9.36 Å². The summed E-state index contributed by atoms with van der Waals surface area (Å²) in [5, 5.41) is 21.2. The Kier molecular flexibility index (Phi) is 5.11. The fraction of sp³-hybridized carbons (Fsp3) is 0.300. The van der Waals surface area contributed by atoms with E-state index in [1.54, 1.807) is 23.0 Å². The lowest BCUT2D eigenvalue weighted by Gasteiger charge is -2.13. The maximum atomic E-state index is 13.8. The summed E-state index contributed by atoms with van der Waals surface area (Å²) in [7, 11) is 0. The van der Waals surface area contributed by atoms with Gasteiger partial charge in [0.2, 0.25) is 5.91 Å². The molecular weight excluding hydrogens is 391 g/mol. The highest BCUT2D eigenvalue weighted by Crippen LogP contribution is 2.37. The first-order valence-electron chi connectivity index (χ1n) is 9.19. The van der Waals surface area contributed by atoms with Gasteiger partial charge in [-0.2, -0.15) is 5.26 Å². The Labute approximate surface area is 171 Å². The second-order valence-corrected chi connectivity index (χ2v) is 7.89. The Bertz CT molecular complexity index is 1120. The van der Waals surface area contributed by atoms with Crippen LogP contribution in [0.5, 0.6) is 0 Å². The molecule has 1 N–H and O–H groups in total. The largest absolute Gasteiger partial charge is 0.310 e. The molecule has 0 atom stereocenters. The van der Waals surface area contributed by atoms with Gasteiger partial charge >= 0.3 is 0 Å². The molecule has 1 aliphatic carbocycles. The van der Waals surface area contributed by atoms with Gasteiger partial charge in [-0.25, -0.2) is 4.39 Å². The van der Waals surface area contributed by atoms with Crippen LogP contribution in [-0.2, 0) is 4.79 Å². The number of nitrogens with one attached hydrogen (secondary N) is 1. The number of carbonyl (C=O) groups excluding carboxylic acids is 1. The average Bonchev–Trinajstić information content (AvgIpc) is 3.38. The zero-order valence-corrected chi connectivity index (χ0v) is 16.8. The molecule has 0 spiro atoms. The monoisotopic (exact) mass is 410 g/mol. The number of nitriles is 1. The number of thioether (sulfide) groups is 1. The molecule has 4 rings (SSSR count). The summed E-state index contributed by atoms with van der Waals surface area (Å²) in [6.45, 7) is 3.65. The molecule has 0 radical (unpaired) electrons. The van der Waals surface area contributed by atoms with Gasteiger partial charge in [0.15, 0.2) is 5.16 Å². The number of benzene rings is 1. The van der Waals surface area contributed by atoms with Crippen molar-refractivity contribution in [1.82, 2.24) is 19.3 Å². The van der Waals surface area contributed by atoms with Crippen LogP contribution in [0.15, 0.2) is 35.7 Å². The van der Waals surface area contributed by atoms with Crippen LogP contribution in [0.25, 0.3) is 5.69 Å². The zero-order chi connectivity index (χ0) is 20.5. The van der Waals surface area contributed by atoms with E-state index in [2.05, 4.69) is 21.6 Å². The van der Waals surface area contributed by atoms with Gasteiger partial charge < -0.3 is 9.88 Å². The number of rotatable bonds is 6. The van der Waals surface area contributed by atoms with E-state index >= 15 is 0 Å². The Balaban J connectivity index is 1.59. The van der Waals surface area contributed by atoms with E-state index in [9.17, 15) is 14.4 Å². The van der Waals surface area contributed by atoms with Gasteiger partial charge in [0, 0.05) is 11.7 Å². The van der Waals surface area contributed by atoms with Gasteiger partial charge in [0.1, 0.15) is 24.0 Å². The van der Waals surface area contributed by atoms with E-state index in [0.717, 1.165) is 24.1 Å². The molecule has 1 saturated carbocycles. The summed E-state index contributed by atoms with van der Waals surface area (Å²) >= 11 is 1.30. The van der Waals surface area contributed by atoms with Crippen LogP contribution in [-0.4, -0.2) is 31.0 Å². The summed E-state index contributed by atoms with van der Waals surface area (Å²) in [5.41, 5.74) is 2.42. The number of amides is 1. The van der Waals surface area contributed by atoms with Crippen molar-refractivity contribution in [2.75, 3.05) is 11.1 Å². The van der Waals surface area contributed by atoms with Crippen molar-refractivity contribution in [2.24, 2.45) is 0 Å². The van der Waals surface area contributed by atoms with E-state index < -0.39 is 0 Å². The summed E-state index contributed by atoms with van der Waals surface area (Å²) < 4.78 is 17.5. The molecule has 0 unspecified atom stereocenters. The molecule has 1 fully saturated rings. The molecule has 3 aromatic rings. The predicted molar refractivity (Wildman–Crippen MR) is 108 cm³/mol. The molecule has 0 aliphatic heterocycles. The Hall–Kier alpha value is -3.12. The summed E-state index contributed by atoms with van der Waals surface area (Å²) in [4.78, 5) is 12.7. The molecule has 1 aromatic carbocycles. The van der Waals surface area contributed by atoms with Gasteiger partial charge in [-0.05, 0) is 50.5 Å². The van der Waals surface area contributed by atoms with E-state index in [1.165, 1.54) is 23.9 Å². The fourth-order valence-corrected chi connectivity index (χ4v) is 4.02. The van der Waals surface area contributed by atoms with Crippen molar-refractivity contribution in [3.63, 3.8) is 0 Å². The smallest absolute Gasteiger partial charge is 0.236 e. The Morgan fingerprint density at radius 1 is 1.41 bits per heavy atom. The average molecular weight is 410 g/mol. The third-order valence-electron chi connectivity index (χ3n) is 4.96. The lowest BCUT2D eigenvalue weighted by Crippen LogP contribution is -2.18. The molecule has 2 heterocycles. The topological polar surface area (TPSA) is 88.5 Å². The van der Waals surface area contributed by atoms with Crippen molar-refractivity contribution >= 4 is 23.5 Å². The maximum Gasteiger partial charge on any atom is 0.236 e. The van der Waals surface area contributed by atoms with Crippen molar-refractivity contribution < 1.29 is 9.18 Å². The minimum absolute atomic E-state index is 0.128. The summed E-state index contributed by atoms with van der Waals surface area (Å²) in [5.74, 6) is -0.184. The predicted octanol–water partition coefficient (Wildman–Crippen LogP) is 3.76. The van der Waals surface area contributed by atoms with E-state index in [4.69, 9.17) is 0 Å². The number of nitrogens with zero attached hydrogens (tertiary/aromatic N) is 5. The number of hydrogen-bond acceptors (Lipinski definition) is 5. The molecule has 0 bridgehead atoms. The zero-order valence-electron chi connectivity index (χ0n) is 16.0. The fourth-order valence-electron chi connectivity index (χ4n) is 3.24. The van der Waals surface area contributed by atoms with Crippen LogP contribution in [0.2, 0.25) is 0 Å².